The van der Waals surface area contributed by atoms with Crippen LogP contribution in [0, 0.1) is 15.5 Å². The van der Waals surface area contributed by atoms with Gasteiger partial charge in [-0.3, -0.25) is 14.9 Å². The van der Waals surface area contributed by atoms with Crippen LogP contribution in [0.25, 0.3) is 0 Å². The number of benzene rings is 1. The van der Waals surface area contributed by atoms with Gasteiger partial charge in [0.15, 0.2) is 0 Å². The highest BCUT2D eigenvalue weighted by molar-refractivity contribution is 9.10. The summed E-state index contributed by atoms with van der Waals surface area (Å²) in [6.07, 6.45) is 1.78. The molecule has 0 heterocycles. The maximum atomic E-state index is 11.9. The third-order valence-corrected chi connectivity index (χ3v) is 3.73. The van der Waals surface area contributed by atoms with E-state index in [-0.39, 0.29) is 29.2 Å². The normalized spacial score (nSPS) is 15.9. The average molecular weight is 329 g/mol. The topological polar surface area (TPSA) is 92.5 Å². The van der Waals surface area contributed by atoms with E-state index in [0.29, 0.717) is 11.0 Å². The maximum absolute atomic E-state index is 11.9. The summed E-state index contributed by atoms with van der Waals surface area (Å²) in [5, 5.41) is 22.6. The van der Waals surface area contributed by atoms with Crippen LogP contribution < -0.4 is 5.32 Å². The smallest absolute Gasteiger partial charge is 0.271 e. The molecule has 102 valence electrons. The third-order valence-electron chi connectivity index (χ3n) is 3.27. The fourth-order valence-electron chi connectivity index (χ4n) is 1.75. The van der Waals surface area contributed by atoms with E-state index >= 15 is 0 Å². The molecule has 19 heavy (non-hydrogen) atoms. The van der Waals surface area contributed by atoms with Crippen LogP contribution in [0.5, 0.6) is 0 Å². The van der Waals surface area contributed by atoms with Gasteiger partial charge in [-0.15, -0.1) is 0 Å². The summed E-state index contributed by atoms with van der Waals surface area (Å²) in [5.41, 5.74) is -0.0919. The molecule has 0 spiro atoms. The lowest BCUT2D eigenvalue weighted by molar-refractivity contribution is -0.385. The van der Waals surface area contributed by atoms with Gasteiger partial charge in [-0.1, -0.05) is 15.9 Å². The summed E-state index contributed by atoms with van der Waals surface area (Å²) < 4.78 is 0.482. The molecule has 6 nitrogen and oxygen atoms in total. The van der Waals surface area contributed by atoms with Gasteiger partial charge in [0.05, 0.1) is 11.5 Å². The summed E-state index contributed by atoms with van der Waals surface area (Å²) in [5.74, 6) is -0.371. The molecule has 7 heteroatoms. The molecular formula is C12H13BrN2O4. The first-order chi connectivity index (χ1) is 8.96. The van der Waals surface area contributed by atoms with Gasteiger partial charge in [0, 0.05) is 34.1 Å². The number of rotatable bonds is 5. The Bertz CT molecular complexity index is 528. The molecule has 1 aliphatic carbocycles. The molecule has 0 radical (unpaired) electrons. The number of halogens is 1. The van der Waals surface area contributed by atoms with E-state index in [1.165, 1.54) is 18.2 Å². The molecule has 1 aliphatic rings. The Labute approximate surface area is 118 Å². The first kappa shape index (κ1) is 14.0. The largest absolute Gasteiger partial charge is 0.396 e. The number of nitro benzene ring substituents is 1. The van der Waals surface area contributed by atoms with Crippen molar-refractivity contribution in [2.24, 2.45) is 5.41 Å². The van der Waals surface area contributed by atoms with Gasteiger partial charge in [-0.2, -0.15) is 0 Å². The minimum atomic E-state index is -0.544. The highest BCUT2D eigenvalue weighted by Crippen LogP contribution is 2.44. The Morgan fingerprint density at radius 2 is 2.16 bits per heavy atom. The zero-order chi connectivity index (χ0) is 14.0. The van der Waals surface area contributed by atoms with E-state index in [1.54, 1.807) is 0 Å². The molecule has 0 aromatic heterocycles. The number of hydrogen-bond donors (Lipinski definition) is 2. The number of carbonyl (C=O) groups is 1. The predicted octanol–water partition coefficient (Wildman–Crippen LogP) is 1.86. The lowest BCUT2D eigenvalue weighted by Crippen LogP contribution is -2.31. The first-order valence-corrected chi connectivity index (χ1v) is 6.59. The fourth-order valence-corrected chi connectivity index (χ4v) is 2.23. The van der Waals surface area contributed by atoms with E-state index in [0.717, 1.165) is 12.8 Å². The van der Waals surface area contributed by atoms with Gasteiger partial charge in [0.25, 0.3) is 11.6 Å². The van der Waals surface area contributed by atoms with Crippen LogP contribution in [0.2, 0.25) is 0 Å². The van der Waals surface area contributed by atoms with Crippen molar-refractivity contribution in [1.29, 1.82) is 0 Å². The number of amides is 1. The maximum Gasteiger partial charge on any atom is 0.271 e. The molecule has 0 saturated heterocycles. The van der Waals surface area contributed by atoms with Crippen LogP contribution in [0.4, 0.5) is 5.69 Å². The van der Waals surface area contributed by atoms with Crippen LogP contribution in [-0.2, 0) is 0 Å². The molecule has 1 aromatic rings. The molecule has 0 bridgehead atoms. The third kappa shape index (κ3) is 3.30. The van der Waals surface area contributed by atoms with E-state index < -0.39 is 4.92 Å². The second-order valence-electron chi connectivity index (χ2n) is 4.80. The number of nitrogens with one attached hydrogen (secondary N) is 1. The molecule has 1 aromatic carbocycles. The zero-order valence-corrected chi connectivity index (χ0v) is 11.6. The van der Waals surface area contributed by atoms with Crippen LogP contribution in [-0.4, -0.2) is 29.1 Å². The molecule has 2 N–H and O–H groups in total. The number of hydrogen-bond acceptors (Lipinski definition) is 4. The van der Waals surface area contributed by atoms with Crippen LogP contribution in [0.15, 0.2) is 22.7 Å². The quantitative estimate of drug-likeness (QED) is 0.637. The molecule has 1 saturated carbocycles. The Morgan fingerprint density at radius 1 is 1.47 bits per heavy atom. The van der Waals surface area contributed by atoms with E-state index in [2.05, 4.69) is 21.2 Å². The molecule has 1 amide bonds. The fraction of sp³-hybridized carbons (Fsp3) is 0.417. The monoisotopic (exact) mass is 328 g/mol. The number of non-ortho nitro benzene ring substituents is 1. The Kier molecular flexibility index (Phi) is 3.86. The van der Waals surface area contributed by atoms with Gasteiger partial charge in [-0.05, 0) is 18.9 Å². The Hall–Kier alpha value is -1.47. The van der Waals surface area contributed by atoms with Crippen molar-refractivity contribution in [3.63, 3.8) is 0 Å². The molecule has 0 unspecified atom stereocenters. The lowest BCUT2D eigenvalue weighted by atomic mass is 10.1. The minimum absolute atomic E-state index is 0.0475. The van der Waals surface area contributed by atoms with Gasteiger partial charge >= 0.3 is 0 Å². The second kappa shape index (κ2) is 5.26. The van der Waals surface area contributed by atoms with Gasteiger partial charge in [0.1, 0.15) is 0 Å². The summed E-state index contributed by atoms with van der Waals surface area (Å²) in [6.45, 7) is 0.439. The van der Waals surface area contributed by atoms with Crippen molar-refractivity contribution in [3.8, 4) is 0 Å². The second-order valence-corrected chi connectivity index (χ2v) is 5.71. The molecule has 0 atom stereocenters. The van der Waals surface area contributed by atoms with Crippen molar-refractivity contribution in [3.05, 3.63) is 38.3 Å². The van der Waals surface area contributed by atoms with Crippen molar-refractivity contribution in [1.82, 2.24) is 5.32 Å². The number of carbonyl (C=O) groups excluding carboxylic acids is 1. The van der Waals surface area contributed by atoms with Crippen molar-refractivity contribution in [2.75, 3.05) is 13.2 Å². The van der Waals surface area contributed by atoms with Gasteiger partial charge in [-0.25, -0.2) is 0 Å². The molecule has 1 fully saturated rings. The van der Waals surface area contributed by atoms with Crippen molar-refractivity contribution < 1.29 is 14.8 Å². The van der Waals surface area contributed by atoms with Crippen LogP contribution in [0.3, 0.4) is 0 Å². The highest BCUT2D eigenvalue weighted by atomic mass is 79.9. The van der Waals surface area contributed by atoms with Crippen LogP contribution >= 0.6 is 15.9 Å². The highest BCUT2D eigenvalue weighted by Gasteiger charge is 2.42. The number of aliphatic hydroxyl groups is 1. The standard InChI is InChI=1S/C12H13BrN2O4/c13-9-3-8(4-10(5-9)15(18)19)11(17)14-6-12(7-16)1-2-12/h3-5,16H,1-2,6-7H2,(H,14,17). The van der Waals surface area contributed by atoms with Gasteiger partial charge < -0.3 is 10.4 Å². The average Bonchev–Trinajstić information content (AvgIpc) is 3.16. The minimum Gasteiger partial charge on any atom is -0.396 e. The summed E-state index contributed by atoms with van der Waals surface area (Å²) in [7, 11) is 0. The number of nitrogens with zero attached hydrogens (tertiary/aromatic N) is 1. The zero-order valence-electron chi connectivity index (χ0n) is 10.1. The Balaban J connectivity index is 2.08. The van der Waals surface area contributed by atoms with Crippen molar-refractivity contribution >= 4 is 27.5 Å². The first-order valence-electron chi connectivity index (χ1n) is 5.80. The number of nitro groups is 1. The lowest BCUT2D eigenvalue weighted by Gasteiger charge is -2.12. The SMILES string of the molecule is O=C(NCC1(CO)CC1)c1cc(Br)cc([N+](=O)[O-])c1. The molecule has 0 aliphatic heterocycles. The summed E-state index contributed by atoms with van der Waals surface area (Å²) in [6, 6.07) is 4.10. The van der Waals surface area contributed by atoms with E-state index in [9.17, 15) is 14.9 Å². The summed E-state index contributed by atoms with van der Waals surface area (Å²) in [4.78, 5) is 22.1. The van der Waals surface area contributed by atoms with Crippen LogP contribution in [0.1, 0.15) is 23.2 Å². The predicted molar refractivity (Wildman–Crippen MR) is 71.9 cm³/mol. The van der Waals surface area contributed by atoms with E-state index in [1.807, 2.05) is 0 Å². The Morgan fingerprint density at radius 3 is 2.68 bits per heavy atom. The molecular weight excluding hydrogens is 316 g/mol. The number of aliphatic hydroxyl groups excluding tert-OH is 1. The van der Waals surface area contributed by atoms with Gasteiger partial charge in [0.2, 0.25) is 0 Å². The molecule has 2 rings (SSSR count). The summed E-state index contributed by atoms with van der Waals surface area (Å²) >= 11 is 3.14. The van der Waals surface area contributed by atoms with Crippen molar-refractivity contribution in [2.45, 2.75) is 12.8 Å². The van der Waals surface area contributed by atoms with E-state index in [4.69, 9.17) is 5.11 Å².